The molecule has 1 amide bonds. The lowest BCUT2D eigenvalue weighted by molar-refractivity contribution is -0.120. The Kier molecular flexibility index (Phi) is 4.88. The number of hydrogen-bond acceptors (Lipinski definition) is 6. The number of nitrogens with zero attached hydrogens (tertiary/aromatic N) is 2. The van der Waals surface area contributed by atoms with Crippen molar-refractivity contribution in [1.82, 2.24) is 14.8 Å². The van der Waals surface area contributed by atoms with E-state index in [9.17, 15) is 4.79 Å². The summed E-state index contributed by atoms with van der Waals surface area (Å²) in [5, 5.41) is 18.1. The topological polar surface area (TPSA) is 122 Å². The third-order valence-electron chi connectivity index (χ3n) is 4.04. The standard InChI is InChI=1S/C15H22N4O4/c1-7-9(3)19-10(4)8(2)17-15(23-6-13(21)22)14(19)11(7)5-12(20)18-16/h13,21-22H,5-6,16H2,1-4H3,(H,18,20). The first kappa shape index (κ1) is 17.2. The first-order valence-electron chi connectivity index (χ1n) is 7.24. The number of fused-ring (bicyclic) bond motifs is 1. The SMILES string of the molecule is Cc1nc(OCC(O)O)c2c(CC(=O)NN)c(C)c(C)n2c1C. The second kappa shape index (κ2) is 6.53. The van der Waals surface area contributed by atoms with Gasteiger partial charge >= 0.3 is 0 Å². The van der Waals surface area contributed by atoms with Gasteiger partial charge < -0.3 is 19.4 Å². The van der Waals surface area contributed by atoms with Crippen LogP contribution >= 0.6 is 0 Å². The molecule has 0 spiro atoms. The van der Waals surface area contributed by atoms with E-state index in [-0.39, 0.29) is 24.8 Å². The van der Waals surface area contributed by atoms with E-state index in [0.717, 1.165) is 28.2 Å². The van der Waals surface area contributed by atoms with Crippen molar-refractivity contribution in [2.75, 3.05) is 6.61 Å². The maximum absolute atomic E-state index is 11.7. The number of aryl methyl sites for hydroxylation is 3. The molecule has 0 radical (unpaired) electrons. The summed E-state index contributed by atoms with van der Waals surface area (Å²) in [5.41, 5.74) is 7.12. The predicted octanol–water partition coefficient (Wildman–Crippen LogP) is -0.210. The Hall–Kier alpha value is -2.16. The fraction of sp³-hybridized carbons (Fsp3) is 0.467. The molecule has 0 atom stereocenters. The van der Waals surface area contributed by atoms with Crippen LogP contribution < -0.4 is 16.0 Å². The van der Waals surface area contributed by atoms with Gasteiger partial charge in [0.25, 0.3) is 0 Å². The molecule has 2 rings (SSSR count). The van der Waals surface area contributed by atoms with Crippen molar-refractivity contribution in [3.05, 3.63) is 28.2 Å². The maximum Gasteiger partial charge on any atom is 0.239 e. The largest absolute Gasteiger partial charge is 0.471 e. The number of aromatic nitrogens is 2. The zero-order valence-electron chi connectivity index (χ0n) is 13.7. The second-order valence-electron chi connectivity index (χ2n) is 5.50. The predicted molar refractivity (Wildman–Crippen MR) is 83.9 cm³/mol. The normalized spacial score (nSPS) is 11.3. The number of nitrogens with one attached hydrogen (secondary N) is 1. The van der Waals surface area contributed by atoms with Gasteiger partial charge in [-0.3, -0.25) is 10.2 Å². The third-order valence-corrected chi connectivity index (χ3v) is 4.04. The highest BCUT2D eigenvalue weighted by molar-refractivity contribution is 5.83. The first-order chi connectivity index (χ1) is 10.8. The van der Waals surface area contributed by atoms with Crippen LogP contribution in [0.5, 0.6) is 5.88 Å². The number of carbonyl (C=O) groups excluding carboxylic acids is 1. The summed E-state index contributed by atoms with van der Waals surface area (Å²) in [6, 6.07) is 0. The minimum Gasteiger partial charge on any atom is -0.471 e. The number of hydrazine groups is 1. The van der Waals surface area contributed by atoms with Gasteiger partial charge in [-0.2, -0.15) is 0 Å². The zero-order valence-corrected chi connectivity index (χ0v) is 13.7. The summed E-state index contributed by atoms with van der Waals surface area (Å²) in [5.74, 6) is 5.13. The van der Waals surface area contributed by atoms with Crippen LogP contribution in [0.15, 0.2) is 0 Å². The number of nitrogens with two attached hydrogens (primary N) is 1. The highest BCUT2D eigenvalue weighted by Crippen LogP contribution is 2.31. The van der Waals surface area contributed by atoms with Gasteiger partial charge in [-0.1, -0.05) is 0 Å². The van der Waals surface area contributed by atoms with Crippen molar-refractivity contribution < 1.29 is 19.7 Å². The molecule has 0 aliphatic heterocycles. The molecule has 126 valence electrons. The van der Waals surface area contributed by atoms with Crippen LogP contribution in [0.2, 0.25) is 0 Å². The fourth-order valence-corrected chi connectivity index (χ4v) is 2.64. The molecule has 2 aromatic heterocycles. The van der Waals surface area contributed by atoms with E-state index in [0.29, 0.717) is 5.52 Å². The van der Waals surface area contributed by atoms with Gasteiger partial charge in [0.1, 0.15) is 12.1 Å². The molecule has 0 saturated carbocycles. The molecular formula is C15H22N4O4. The average Bonchev–Trinajstić information content (AvgIpc) is 2.74. The molecule has 0 saturated heterocycles. The van der Waals surface area contributed by atoms with Crippen molar-refractivity contribution in [1.29, 1.82) is 0 Å². The van der Waals surface area contributed by atoms with Crippen LogP contribution in [0.1, 0.15) is 28.2 Å². The van der Waals surface area contributed by atoms with Gasteiger partial charge in [0.15, 0.2) is 6.29 Å². The number of ether oxygens (including phenoxy) is 1. The van der Waals surface area contributed by atoms with E-state index in [2.05, 4.69) is 10.4 Å². The minimum atomic E-state index is -1.61. The number of aliphatic hydroxyl groups excluding tert-OH is 1. The second-order valence-corrected chi connectivity index (χ2v) is 5.50. The Morgan fingerprint density at radius 1 is 1.30 bits per heavy atom. The monoisotopic (exact) mass is 322 g/mol. The lowest BCUT2D eigenvalue weighted by Gasteiger charge is -2.14. The molecule has 0 aliphatic rings. The Morgan fingerprint density at radius 3 is 2.52 bits per heavy atom. The Balaban J connectivity index is 2.71. The summed E-state index contributed by atoms with van der Waals surface area (Å²) >= 11 is 0. The quantitative estimate of drug-likeness (QED) is 0.261. The molecule has 2 aromatic rings. The molecule has 23 heavy (non-hydrogen) atoms. The van der Waals surface area contributed by atoms with Crippen LogP contribution in [0.4, 0.5) is 0 Å². The van der Waals surface area contributed by atoms with Gasteiger partial charge in [0.2, 0.25) is 11.8 Å². The van der Waals surface area contributed by atoms with Crippen molar-refractivity contribution in [3.8, 4) is 5.88 Å². The average molecular weight is 322 g/mol. The summed E-state index contributed by atoms with van der Waals surface area (Å²) in [6.07, 6.45) is -1.52. The van der Waals surface area contributed by atoms with Crippen molar-refractivity contribution in [2.24, 2.45) is 5.84 Å². The number of rotatable bonds is 5. The van der Waals surface area contributed by atoms with Crippen LogP contribution in [0.3, 0.4) is 0 Å². The van der Waals surface area contributed by atoms with Crippen LogP contribution in [-0.4, -0.2) is 38.4 Å². The van der Waals surface area contributed by atoms with Crippen LogP contribution in [0.25, 0.3) is 5.52 Å². The van der Waals surface area contributed by atoms with Gasteiger partial charge in [0.05, 0.1) is 12.1 Å². The molecule has 0 bridgehead atoms. The van der Waals surface area contributed by atoms with E-state index in [4.69, 9.17) is 20.8 Å². The number of aliphatic hydroxyl groups is 2. The highest BCUT2D eigenvalue weighted by Gasteiger charge is 2.22. The molecule has 2 heterocycles. The first-order valence-corrected chi connectivity index (χ1v) is 7.24. The fourth-order valence-electron chi connectivity index (χ4n) is 2.64. The lowest BCUT2D eigenvalue weighted by Crippen LogP contribution is -2.31. The smallest absolute Gasteiger partial charge is 0.239 e. The molecule has 5 N–H and O–H groups in total. The Bertz CT molecular complexity index is 752. The molecule has 0 fully saturated rings. The summed E-state index contributed by atoms with van der Waals surface area (Å²) in [7, 11) is 0. The number of hydrogen-bond donors (Lipinski definition) is 4. The van der Waals surface area contributed by atoms with E-state index in [1.54, 1.807) is 0 Å². The molecular weight excluding hydrogens is 300 g/mol. The lowest BCUT2D eigenvalue weighted by atomic mass is 10.1. The van der Waals surface area contributed by atoms with E-state index in [1.165, 1.54) is 0 Å². The van der Waals surface area contributed by atoms with Crippen molar-refractivity contribution in [3.63, 3.8) is 0 Å². The summed E-state index contributed by atoms with van der Waals surface area (Å²) in [6.45, 7) is 7.33. The number of amides is 1. The van der Waals surface area contributed by atoms with Crippen molar-refractivity contribution in [2.45, 2.75) is 40.4 Å². The van der Waals surface area contributed by atoms with Gasteiger partial charge in [-0.15, -0.1) is 0 Å². The molecule has 0 unspecified atom stereocenters. The van der Waals surface area contributed by atoms with Crippen molar-refractivity contribution >= 4 is 11.4 Å². The maximum atomic E-state index is 11.7. The number of carbonyl (C=O) groups is 1. The van der Waals surface area contributed by atoms with Crippen LogP contribution in [0, 0.1) is 27.7 Å². The Labute approximate surface area is 133 Å². The summed E-state index contributed by atoms with van der Waals surface area (Å²) in [4.78, 5) is 16.1. The molecule has 0 aliphatic carbocycles. The Morgan fingerprint density at radius 2 is 1.96 bits per heavy atom. The minimum absolute atomic E-state index is 0.0852. The van der Waals surface area contributed by atoms with E-state index < -0.39 is 6.29 Å². The van der Waals surface area contributed by atoms with E-state index >= 15 is 0 Å². The van der Waals surface area contributed by atoms with Gasteiger partial charge in [0, 0.05) is 11.4 Å². The zero-order chi connectivity index (χ0) is 17.3. The van der Waals surface area contributed by atoms with Gasteiger partial charge in [-0.05, 0) is 38.8 Å². The van der Waals surface area contributed by atoms with E-state index in [1.807, 2.05) is 32.1 Å². The third kappa shape index (κ3) is 3.14. The van der Waals surface area contributed by atoms with Crippen LogP contribution in [-0.2, 0) is 11.2 Å². The summed E-state index contributed by atoms with van der Waals surface area (Å²) < 4.78 is 7.41. The van der Waals surface area contributed by atoms with Gasteiger partial charge in [-0.25, -0.2) is 10.8 Å². The molecule has 8 heteroatoms. The highest BCUT2D eigenvalue weighted by atomic mass is 16.5. The molecule has 0 aromatic carbocycles. The molecule has 8 nitrogen and oxygen atoms in total.